The van der Waals surface area contributed by atoms with Gasteiger partial charge in [0.05, 0.1) is 11.6 Å². The fourth-order valence-corrected chi connectivity index (χ4v) is 4.22. The average Bonchev–Trinajstić information content (AvgIpc) is 3.26. The van der Waals surface area contributed by atoms with E-state index >= 15 is 0 Å². The summed E-state index contributed by atoms with van der Waals surface area (Å²) in [5.74, 6) is -0.557. The lowest BCUT2D eigenvalue weighted by Gasteiger charge is -2.16. The van der Waals surface area contributed by atoms with Gasteiger partial charge in [0, 0.05) is 29.1 Å². The first-order valence-electron chi connectivity index (χ1n) is 9.22. The van der Waals surface area contributed by atoms with Gasteiger partial charge >= 0.3 is 0 Å². The fourth-order valence-electron chi connectivity index (χ4n) is 3.38. The minimum atomic E-state index is -0.377. The number of nitrogens with one attached hydrogen (secondary N) is 1. The molecule has 4 rings (SSSR count). The van der Waals surface area contributed by atoms with E-state index in [2.05, 4.69) is 10.3 Å². The molecule has 0 bridgehead atoms. The van der Waals surface area contributed by atoms with Crippen LogP contribution in [0.2, 0.25) is 0 Å². The maximum absolute atomic E-state index is 12.7. The number of hydrogen-bond donors (Lipinski definition) is 1. The second kappa shape index (κ2) is 7.56. The number of aromatic nitrogens is 1. The van der Waals surface area contributed by atoms with E-state index in [1.165, 1.54) is 11.3 Å². The molecular weight excluding hydrogens is 370 g/mol. The van der Waals surface area contributed by atoms with Crippen LogP contribution in [0.5, 0.6) is 0 Å². The van der Waals surface area contributed by atoms with Crippen molar-refractivity contribution in [2.24, 2.45) is 5.92 Å². The Bertz CT molecular complexity index is 1010. The summed E-state index contributed by atoms with van der Waals surface area (Å²) in [6, 6.07) is 17.7. The van der Waals surface area contributed by atoms with E-state index in [1.54, 1.807) is 4.90 Å². The molecule has 3 aromatic rings. The minimum absolute atomic E-state index is 0.0238. The second-order valence-corrected chi connectivity index (χ2v) is 8.22. The Morgan fingerprint density at radius 2 is 1.82 bits per heavy atom. The standard InChI is InChI=1S/C22H21N3O2S/c1-14-8-10-18(11-9-14)25-13-17(12-19(25)26)21(27)24-22-23-20(15(2)28-22)16-6-4-3-5-7-16/h3-11,17H,12-13H2,1-2H3,(H,23,24,27). The molecule has 142 valence electrons. The monoisotopic (exact) mass is 391 g/mol. The molecule has 1 saturated heterocycles. The zero-order valence-electron chi connectivity index (χ0n) is 15.8. The Balaban J connectivity index is 1.46. The van der Waals surface area contributed by atoms with Gasteiger partial charge in [0.1, 0.15) is 0 Å². The summed E-state index contributed by atoms with van der Waals surface area (Å²) in [6.07, 6.45) is 0.218. The van der Waals surface area contributed by atoms with Crippen LogP contribution in [0, 0.1) is 19.8 Å². The first-order chi connectivity index (χ1) is 13.5. The maximum atomic E-state index is 12.7. The van der Waals surface area contributed by atoms with Crippen molar-refractivity contribution < 1.29 is 9.59 Å². The quantitative estimate of drug-likeness (QED) is 0.716. The van der Waals surface area contributed by atoms with Crippen molar-refractivity contribution in [3.63, 3.8) is 0 Å². The molecule has 1 aliphatic heterocycles. The van der Waals surface area contributed by atoms with Gasteiger partial charge in [-0.25, -0.2) is 4.98 Å². The summed E-state index contributed by atoms with van der Waals surface area (Å²) in [5, 5.41) is 3.48. The van der Waals surface area contributed by atoms with Gasteiger partial charge < -0.3 is 10.2 Å². The fraction of sp³-hybridized carbons (Fsp3) is 0.227. The Kier molecular flexibility index (Phi) is 4.96. The van der Waals surface area contributed by atoms with E-state index in [9.17, 15) is 9.59 Å². The molecule has 0 spiro atoms. The maximum Gasteiger partial charge on any atom is 0.231 e. The van der Waals surface area contributed by atoms with Crippen LogP contribution in [0.25, 0.3) is 11.3 Å². The molecule has 6 heteroatoms. The highest BCUT2D eigenvalue weighted by molar-refractivity contribution is 7.16. The van der Waals surface area contributed by atoms with Crippen LogP contribution in [0.15, 0.2) is 54.6 Å². The minimum Gasteiger partial charge on any atom is -0.312 e. The molecule has 2 heterocycles. The topological polar surface area (TPSA) is 62.3 Å². The lowest BCUT2D eigenvalue weighted by atomic mass is 10.1. The van der Waals surface area contributed by atoms with Crippen LogP contribution < -0.4 is 10.2 Å². The Morgan fingerprint density at radius 3 is 2.54 bits per heavy atom. The van der Waals surface area contributed by atoms with Gasteiger partial charge in [0.25, 0.3) is 0 Å². The highest BCUT2D eigenvalue weighted by Gasteiger charge is 2.35. The first kappa shape index (κ1) is 18.4. The number of rotatable bonds is 4. The van der Waals surface area contributed by atoms with Crippen LogP contribution >= 0.6 is 11.3 Å². The van der Waals surface area contributed by atoms with Crippen molar-refractivity contribution in [2.45, 2.75) is 20.3 Å². The SMILES string of the molecule is Cc1ccc(N2CC(C(=O)Nc3nc(-c4ccccc4)c(C)s3)CC2=O)cc1. The summed E-state index contributed by atoms with van der Waals surface area (Å²) in [4.78, 5) is 32.4. The van der Waals surface area contributed by atoms with E-state index in [0.29, 0.717) is 11.7 Å². The van der Waals surface area contributed by atoms with Crippen LogP contribution in [-0.4, -0.2) is 23.3 Å². The zero-order chi connectivity index (χ0) is 19.7. The Hall–Kier alpha value is -2.99. The number of thiazole rings is 1. The van der Waals surface area contributed by atoms with Gasteiger partial charge in [-0.05, 0) is 26.0 Å². The first-order valence-corrected chi connectivity index (χ1v) is 10.0. The summed E-state index contributed by atoms with van der Waals surface area (Å²) >= 11 is 1.45. The highest BCUT2D eigenvalue weighted by atomic mass is 32.1. The van der Waals surface area contributed by atoms with E-state index in [0.717, 1.165) is 27.4 Å². The third kappa shape index (κ3) is 3.68. The summed E-state index contributed by atoms with van der Waals surface area (Å²) in [6.45, 7) is 4.39. The van der Waals surface area contributed by atoms with Crippen molar-refractivity contribution in [3.8, 4) is 11.3 Å². The van der Waals surface area contributed by atoms with Gasteiger partial charge in [-0.15, -0.1) is 11.3 Å². The normalized spacial score (nSPS) is 16.4. The molecule has 0 radical (unpaired) electrons. The molecule has 1 atom stereocenters. The number of nitrogens with zero attached hydrogens (tertiary/aromatic N) is 2. The zero-order valence-corrected chi connectivity index (χ0v) is 16.6. The average molecular weight is 391 g/mol. The lowest BCUT2D eigenvalue weighted by Crippen LogP contribution is -2.28. The molecule has 1 N–H and O–H groups in total. The molecule has 1 aromatic heterocycles. The van der Waals surface area contributed by atoms with Gasteiger partial charge in [0.2, 0.25) is 11.8 Å². The van der Waals surface area contributed by atoms with Crippen LogP contribution in [-0.2, 0) is 9.59 Å². The van der Waals surface area contributed by atoms with E-state index in [-0.39, 0.29) is 24.2 Å². The number of benzene rings is 2. The van der Waals surface area contributed by atoms with Gasteiger partial charge in [-0.2, -0.15) is 0 Å². The molecule has 2 amide bonds. The third-order valence-electron chi connectivity index (χ3n) is 4.92. The number of aryl methyl sites for hydroxylation is 2. The van der Waals surface area contributed by atoms with E-state index < -0.39 is 0 Å². The van der Waals surface area contributed by atoms with Crippen LogP contribution in [0.1, 0.15) is 16.9 Å². The van der Waals surface area contributed by atoms with Crippen LogP contribution in [0.3, 0.4) is 0 Å². The highest BCUT2D eigenvalue weighted by Crippen LogP contribution is 2.31. The largest absolute Gasteiger partial charge is 0.312 e. The van der Waals surface area contributed by atoms with Gasteiger partial charge in [-0.3, -0.25) is 9.59 Å². The van der Waals surface area contributed by atoms with Crippen molar-refractivity contribution >= 4 is 34.0 Å². The number of anilines is 2. The van der Waals surface area contributed by atoms with Crippen molar-refractivity contribution in [1.29, 1.82) is 0 Å². The molecular formula is C22H21N3O2S. The van der Waals surface area contributed by atoms with E-state index in [1.807, 2.05) is 68.4 Å². The molecule has 1 aliphatic rings. The molecule has 2 aromatic carbocycles. The summed E-state index contributed by atoms with van der Waals surface area (Å²) in [7, 11) is 0. The lowest BCUT2D eigenvalue weighted by molar-refractivity contribution is -0.122. The summed E-state index contributed by atoms with van der Waals surface area (Å²) in [5.41, 5.74) is 3.88. The van der Waals surface area contributed by atoms with Crippen molar-refractivity contribution in [1.82, 2.24) is 4.98 Å². The molecule has 5 nitrogen and oxygen atoms in total. The predicted molar refractivity (Wildman–Crippen MR) is 113 cm³/mol. The Labute approximate surface area is 168 Å². The molecule has 1 fully saturated rings. The Morgan fingerprint density at radius 1 is 1.11 bits per heavy atom. The number of hydrogen-bond acceptors (Lipinski definition) is 4. The molecule has 28 heavy (non-hydrogen) atoms. The molecule has 0 saturated carbocycles. The van der Waals surface area contributed by atoms with E-state index in [4.69, 9.17) is 0 Å². The number of carbonyl (C=O) groups is 2. The smallest absolute Gasteiger partial charge is 0.231 e. The summed E-state index contributed by atoms with van der Waals surface area (Å²) < 4.78 is 0. The second-order valence-electron chi connectivity index (χ2n) is 7.02. The molecule has 0 aliphatic carbocycles. The van der Waals surface area contributed by atoms with Gasteiger partial charge in [-0.1, -0.05) is 48.0 Å². The third-order valence-corrected chi connectivity index (χ3v) is 5.80. The van der Waals surface area contributed by atoms with Crippen LogP contribution in [0.4, 0.5) is 10.8 Å². The molecule has 1 unspecified atom stereocenters. The number of carbonyl (C=O) groups excluding carboxylic acids is 2. The van der Waals surface area contributed by atoms with Gasteiger partial charge in [0.15, 0.2) is 5.13 Å². The number of amides is 2. The van der Waals surface area contributed by atoms with Crippen molar-refractivity contribution in [3.05, 3.63) is 65.0 Å². The van der Waals surface area contributed by atoms with Crippen molar-refractivity contribution in [2.75, 3.05) is 16.8 Å². The predicted octanol–water partition coefficient (Wildman–Crippen LogP) is 4.42.